The van der Waals surface area contributed by atoms with Crippen molar-refractivity contribution in [3.05, 3.63) is 100 Å². The number of hydrogen-bond donors (Lipinski definition) is 1. The maximum absolute atomic E-state index is 13.3. The number of aryl methyl sites for hydroxylation is 3. The summed E-state index contributed by atoms with van der Waals surface area (Å²) in [6, 6.07) is 19.7. The first-order chi connectivity index (χ1) is 15.3. The van der Waals surface area contributed by atoms with E-state index in [4.69, 9.17) is 4.74 Å². The summed E-state index contributed by atoms with van der Waals surface area (Å²) in [5.74, 6) is -1.20. The van der Waals surface area contributed by atoms with E-state index < -0.39 is 17.7 Å². The van der Waals surface area contributed by atoms with Gasteiger partial charge in [0.05, 0.1) is 24.3 Å². The lowest BCUT2D eigenvalue weighted by atomic mass is 9.94. The molecule has 0 bridgehead atoms. The van der Waals surface area contributed by atoms with Crippen LogP contribution in [0.15, 0.2) is 72.3 Å². The minimum atomic E-state index is -0.762. The standard InChI is InChI=1S/C27H25NO4/c1-16-11-13-22(32-4)20(14-16)25(29)23-24(19-8-6-5-7-9-19)28(27(31)26(23)30)21-15-17(2)10-12-18(21)3/h5-15,24,29H,1-4H3/b25-23+. The molecule has 1 amide bonds. The number of amides is 1. The summed E-state index contributed by atoms with van der Waals surface area (Å²) < 4.78 is 5.43. The number of anilines is 1. The zero-order valence-corrected chi connectivity index (χ0v) is 18.5. The minimum Gasteiger partial charge on any atom is -0.507 e. The highest BCUT2D eigenvalue weighted by Crippen LogP contribution is 2.44. The first-order valence-corrected chi connectivity index (χ1v) is 10.4. The molecule has 1 aliphatic rings. The summed E-state index contributed by atoms with van der Waals surface area (Å²) >= 11 is 0. The average Bonchev–Trinajstić information content (AvgIpc) is 3.06. The lowest BCUT2D eigenvalue weighted by Gasteiger charge is -2.27. The second-order valence-corrected chi connectivity index (χ2v) is 8.07. The van der Waals surface area contributed by atoms with Crippen LogP contribution in [0.4, 0.5) is 5.69 Å². The lowest BCUT2D eigenvalue weighted by molar-refractivity contribution is -0.132. The van der Waals surface area contributed by atoms with Crippen LogP contribution in [-0.2, 0) is 9.59 Å². The number of ether oxygens (including phenoxy) is 1. The number of methoxy groups -OCH3 is 1. The molecule has 162 valence electrons. The van der Waals surface area contributed by atoms with Crippen LogP contribution in [0, 0.1) is 20.8 Å². The molecule has 32 heavy (non-hydrogen) atoms. The predicted octanol–water partition coefficient (Wildman–Crippen LogP) is 5.25. The Labute approximate surface area is 187 Å². The van der Waals surface area contributed by atoms with Crippen LogP contribution in [-0.4, -0.2) is 23.9 Å². The second kappa shape index (κ2) is 8.35. The van der Waals surface area contributed by atoms with Gasteiger partial charge in [-0.3, -0.25) is 14.5 Å². The molecule has 1 atom stereocenters. The Morgan fingerprint density at radius 1 is 0.906 bits per heavy atom. The van der Waals surface area contributed by atoms with Gasteiger partial charge in [0, 0.05) is 5.69 Å². The molecule has 5 heteroatoms. The number of nitrogens with zero attached hydrogens (tertiary/aromatic N) is 1. The summed E-state index contributed by atoms with van der Waals surface area (Å²) in [4.78, 5) is 28.1. The summed E-state index contributed by atoms with van der Waals surface area (Å²) in [6.07, 6.45) is 0. The third kappa shape index (κ3) is 3.56. The van der Waals surface area contributed by atoms with E-state index in [1.54, 1.807) is 12.1 Å². The van der Waals surface area contributed by atoms with Crippen LogP contribution in [0.3, 0.4) is 0 Å². The van der Waals surface area contributed by atoms with E-state index in [2.05, 4.69) is 0 Å². The van der Waals surface area contributed by atoms with Crippen molar-refractivity contribution >= 4 is 23.1 Å². The van der Waals surface area contributed by atoms with Crippen molar-refractivity contribution < 1.29 is 19.4 Å². The Morgan fingerprint density at radius 3 is 2.25 bits per heavy atom. The van der Waals surface area contributed by atoms with Crippen LogP contribution in [0.1, 0.15) is 33.9 Å². The Hall–Kier alpha value is -3.86. The molecule has 4 rings (SSSR count). The van der Waals surface area contributed by atoms with Gasteiger partial charge in [-0.05, 0) is 55.7 Å². The van der Waals surface area contributed by atoms with Crippen LogP contribution in [0.5, 0.6) is 5.75 Å². The number of ketones is 1. The molecule has 5 nitrogen and oxygen atoms in total. The van der Waals surface area contributed by atoms with E-state index in [-0.39, 0.29) is 11.3 Å². The van der Waals surface area contributed by atoms with Crippen LogP contribution in [0.25, 0.3) is 5.76 Å². The number of rotatable bonds is 4. The molecule has 0 saturated carbocycles. The fraction of sp³-hybridized carbons (Fsp3) is 0.185. The largest absolute Gasteiger partial charge is 0.507 e. The van der Waals surface area contributed by atoms with Crippen LogP contribution >= 0.6 is 0 Å². The van der Waals surface area contributed by atoms with Crippen LogP contribution in [0.2, 0.25) is 0 Å². The Kier molecular flexibility index (Phi) is 5.57. The number of benzene rings is 3. The third-order valence-corrected chi connectivity index (χ3v) is 5.79. The van der Waals surface area contributed by atoms with Crippen molar-refractivity contribution in [3.63, 3.8) is 0 Å². The van der Waals surface area contributed by atoms with Gasteiger partial charge in [-0.15, -0.1) is 0 Å². The van der Waals surface area contributed by atoms with Gasteiger partial charge in [0.2, 0.25) is 0 Å². The summed E-state index contributed by atoms with van der Waals surface area (Å²) in [7, 11) is 1.50. The van der Waals surface area contributed by atoms with E-state index in [0.29, 0.717) is 17.0 Å². The van der Waals surface area contributed by atoms with Gasteiger partial charge in [-0.1, -0.05) is 54.1 Å². The van der Waals surface area contributed by atoms with E-state index in [1.807, 2.05) is 75.4 Å². The van der Waals surface area contributed by atoms with E-state index >= 15 is 0 Å². The maximum Gasteiger partial charge on any atom is 0.300 e. The molecule has 0 radical (unpaired) electrons. The molecule has 1 saturated heterocycles. The van der Waals surface area contributed by atoms with Gasteiger partial charge in [0.25, 0.3) is 11.7 Å². The first-order valence-electron chi connectivity index (χ1n) is 10.4. The fourth-order valence-corrected chi connectivity index (χ4v) is 4.16. The molecule has 1 N–H and O–H groups in total. The predicted molar refractivity (Wildman–Crippen MR) is 125 cm³/mol. The van der Waals surface area contributed by atoms with Gasteiger partial charge in [-0.25, -0.2) is 0 Å². The van der Waals surface area contributed by atoms with Crippen molar-refractivity contribution in [1.82, 2.24) is 0 Å². The van der Waals surface area contributed by atoms with Crippen molar-refractivity contribution in [2.24, 2.45) is 0 Å². The van der Waals surface area contributed by atoms with Gasteiger partial charge in [-0.2, -0.15) is 0 Å². The fourth-order valence-electron chi connectivity index (χ4n) is 4.16. The van der Waals surface area contributed by atoms with Crippen molar-refractivity contribution in [3.8, 4) is 5.75 Å². The van der Waals surface area contributed by atoms with Crippen molar-refractivity contribution in [1.29, 1.82) is 0 Å². The lowest BCUT2D eigenvalue weighted by Crippen LogP contribution is -2.30. The van der Waals surface area contributed by atoms with Crippen molar-refractivity contribution in [2.45, 2.75) is 26.8 Å². The first kappa shape index (κ1) is 21.4. The quantitative estimate of drug-likeness (QED) is 0.351. The zero-order valence-electron chi connectivity index (χ0n) is 18.5. The second-order valence-electron chi connectivity index (χ2n) is 8.07. The van der Waals surface area contributed by atoms with E-state index in [9.17, 15) is 14.7 Å². The zero-order chi connectivity index (χ0) is 23.0. The smallest absolute Gasteiger partial charge is 0.300 e. The molecule has 0 aliphatic carbocycles. The average molecular weight is 428 g/mol. The van der Waals surface area contributed by atoms with Gasteiger partial charge in [0.1, 0.15) is 11.5 Å². The number of aliphatic hydroxyl groups excluding tert-OH is 1. The molecule has 0 spiro atoms. The van der Waals surface area contributed by atoms with Gasteiger partial charge < -0.3 is 9.84 Å². The molecule has 1 aliphatic heterocycles. The molecule has 0 aromatic heterocycles. The van der Waals surface area contributed by atoms with Gasteiger partial charge >= 0.3 is 0 Å². The molecular weight excluding hydrogens is 402 g/mol. The molecular formula is C27H25NO4. The molecule has 3 aromatic rings. The SMILES string of the molecule is COc1ccc(C)cc1/C(O)=C1\C(=O)C(=O)N(c2cc(C)ccc2C)C1c1ccccc1. The van der Waals surface area contributed by atoms with Gasteiger partial charge in [0.15, 0.2) is 0 Å². The minimum absolute atomic E-state index is 0.0472. The highest BCUT2D eigenvalue weighted by molar-refractivity contribution is 6.51. The van der Waals surface area contributed by atoms with E-state index in [0.717, 1.165) is 22.3 Å². The number of carbonyl (C=O) groups is 2. The number of Topliss-reactive ketones (excluding diaryl/α,β-unsaturated/α-hetero) is 1. The summed E-state index contributed by atoms with van der Waals surface area (Å²) in [5.41, 5.74) is 4.55. The van der Waals surface area contributed by atoms with Crippen LogP contribution < -0.4 is 9.64 Å². The normalized spacial score (nSPS) is 17.6. The number of aliphatic hydroxyl groups is 1. The Morgan fingerprint density at radius 2 is 1.56 bits per heavy atom. The molecule has 3 aromatic carbocycles. The third-order valence-electron chi connectivity index (χ3n) is 5.79. The monoisotopic (exact) mass is 427 g/mol. The molecule has 1 heterocycles. The molecule has 1 fully saturated rings. The van der Waals surface area contributed by atoms with Crippen molar-refractivity contribution in [2.75, 3.05) is 12.0 Å². The van der Waals surface area contributed by atoms with E-state index in [1.165, 1.54) is 12.0 Å². The Balaban J connectivity index is 2.01. The highest BCUT2D eigenvalue weighted by Gasteiger charge is 2.47. The number of carbonyl (C=O) groups excluding carboxylic acids is 2. The topological polar surface area (TPSA) is 66.8 Å². The number of hydrogen-bond acceptors (Lipinski definition) is 4. The highest BCUT2D eigenvalue weighted by atomic mass is 16.5. The Bertz CT molecular complexity index is 1240. The summed E-state index contributed by atoms with van der Waals surface area (Å²) in [6.45, 7) is 5.73. The molecule has 1 unspecified atom stereocenters. The maximum atomic E-state index is 13.3. The summed E-state index contributed by atoms with van der Waals surface area (Å²) in [5, 5.41) is 11.4.